The average Bonchev–Trinajstić information content (AvgIpc) is 2.30. The number of allylic oxidation sites excluding steroid dienone is 1. The number of methoxy groups -OCH3 is 1. The van der Waals surface area contributed by atoms with E-state index in [1.807, 2.05) is 13.0 Å². The standard InChI is InChI=1S/C16H34O3Si/c1-9-10-15(18-13-17-6)12-11-14(2)19-20(7,8)16(3,4)5/h9-10,14-15H,11-13H2,1-8H3/b10-9+/t14-,15+/m1/s1. The van der Waals surface area contributed by atoms with Gasteiger partial charge in [-0.15, -0.1) is 0 Å². The van der Waals surface area contributed by atoms with E-state index in [4.69, 9.17) is 13.9 Å². The molecule has 20 heavy (non-hydrogen) atoms. The van der Waals surface area contributed by atoms with Gasteiger partial charge in [0.25, 0.3) is 0 Å². The minimum absolute atomic E-state index is 0.116. The van der Waals surface area contributed by atoms with Gasteiger partial charge in [0.1, 0.15) is 6.79 Å². The second-order valence-electron chi connectivity index (χ2n) is 6.90. The normalized spacial score (nSPS) is 16.6. The second-order valence-corrected chi connectivity index (χ2v) is 11.7. The minimum Gasteiger partial charge on any atom is -0.414 e. The lowest BCUT2D eigenvalue weighted by Gasteiger charge is -2.38. The van der Waals surface area contributed by atoms with Gasteiger partial charge in [-0.1, -0.05) is 32.9 Å². The summed E-state index contributed by atoms with van der Waals surface area (Å²) in [4.78, 5) is 0. The average molecular weight is 303 g/mol. The zero-order valence-corrected chi connectivity index (χ0v) is 15.7. The fourth-order valence-electron chi connectivity index (χ4n) is 1.74. The Kier molecular flexibility index (Phi) is 8.90. The Labute approximate surface area is 126 Å². The second kappa shape index (κ2) is 8.98. The third-order valence-corrected chi connectivity index (χ3v) is 8.57. The molecule has 0 spiro atoms. The Morgan fingerprint density at radius 1 is 1.15 bits per heavy atom. The topological polar surface area (TPSA) is 27.7 Å². The summed E-state index contributed by atoms with van der Waals surface area (Å²) in [5, 5.41) is 0.260. The van der Waals surface area contributed by atoms with Gasteiger partial charge >= 0.3 is 0 Å². The Bertz CT molecular complexity index is 282. The fourth-order valence-corrected chi connectivity index (χ4v) is 3.22. The van der Waals surface area contributed by atoms with Gasteiger partial charge in [0, 0.05) is 13.2 Å². The van der Waals surface area contributed by atoms with Gasteiger partial charge in [-0.05, 0) is 44.8 Å². The van der Waals surface area contributed by atoms with Crippen LogP contribution in [0.15, 0.2) is 12.2 Å². The number of ether oxygens (including phenoxy) is 2. The van der Waals surface area contributed by atoms with Crippen LogP contribution in [-0.2, 0) is 13.9 Å². The molecule has 120 valence electrons. The van der Waals surface area contributed by atoms with Crippen LogP contribution in [0.2, 0.25) is 18.1 Å². The molecular formula is C16H34O3Si. The van der Waals surface area contributed by atoms with Crippen molar-refractivity contribution in [2.45, 2.75) is 77.8 Å². The highest BCUT2D eigenvalue weighted by atomic mass is 28.4. The molecule has 0 bridgehead atoms. The fraction of sp³-hybridized carbons (Fsp3) is 0.875. The van der Waals surface area contributed by atoms with Crippen LogP contribution in [-0.4, -0.2) is 34.4 Å². The van der Waals surface area contributed by atoms with Gasteiger partial charge in [-0.2, -0.15) is 0 Å². The molecule has 0 aromatic carbocycles. The van der Waals surface area contributed by atoms with E-state index in [-0.39, 0.29) is 17.2 Å². The third-order valence-electron chi connectivity index (χ3n) is 3.97. The van der Waals surface area contributed by atoms with E-state index >= 15 is 0 Å². The van der Waals surface area contributed by atoms with E-state index in [2.05, 4.69) is 46.9 Å². The summed E-state index contributed by atoms with van der Waals surface area (Å²) in [7, 11) is -0.0187. The monoisotopic (exact) mass is 302 g/mol. The molecule has 0 saturated carbocycles. The Hall–Kier alpha value is -0.163. The number of hydrogen-bond acceptors (Lipinski definition) is 3. The van der Waals surface area contributed by atoms with Crippen LogP contribution in [0.1, 0.15) is 47.5 Å². The highest BCUT2D eigenvalue weighted by Crippen LogP contribution is 2.37. The molecule has 0 heterocycles. The van der Waals surface area contributed by atoms with Crippen molar-refractivity contribution in [3.05, 3.63) is 12.2 Å². The van der Waals surface area contributed by atoms with Crippen molar-refractivity contribution < 1.29 is 13.9 Å². The van der Waals surface area contributed by atoms with Crippen molar-refractivity contribution in [3.63, 3.8) is 0 Å². The lowest BCUT2D eigenvalue weighted by Crippen LogP contribution is -2.43. The molecule has 2 atom stereocenters. The maximum atomic E-state index is 6.36. The summed E-state index contributed by atoms with van der Waals surface area (Å²) in [5.74, 6) is 0. The first kappa shape index (κ1) is 19.8. The highest BCUT2D eigenvalue weighted by Gasteiger charge is 2.38. The smallest absolute Gasteiger partial charge is 0.192 e. The molecular weight excluding hydrogens is 268 g/mol. The molecule has 0 radical (unpaired) electrons. The summed E-state index contributed by atoms with van der Waals surface area (Å²) in [6.07, 6.45) is 6.46. The van der Waals surface area contributed by atoms with Crippen molar-refractivity contribution in [3.8, 4) is 0 Å². The summed E-state index contributed by atoms with van der Waals surface area (Å²) >= 11 is 0. The van der Waals surface area contributed by atoms with Crippen molar-refractivity contribution in [1.29, 1.82) is 0 Å². The summed E-state index contributed by atoms with van der Waals surface area (Å²) < 4.78 is 17.0. The molecule has 0 aromatic heterocycles. The van der Waals surface area contributed by atoms with Crippen LogP contribution in [0.3, 0.4) is 0 Å². The summed E-state index contributed by atoms with van der Waals surface area (Å²) in [6, 6.07) is 0. The van der Waals surface area contributed by atoms with Crippen molar-refractivity contribution >= 4 is 8.32 Å². The van der Waals surface area contributed by atoms with Crippen LogP contribution in [0.4, 0.5) is 0 Å². The van der Waals surface area contributed by atoms with Gasteiger partial charge in [0.05, 0.1) is 6.10 Å². The quantitative estimate of drug-likeness (QED) is 0.350. The van der Waals surface area contributed by atoms with Gasteiger partial charge in [-0.3, -0.25) is 0 Å². The molecule has 0 aliphatic heterocycles. The van der Waals surface area contributed by atoms with E-state index in [9.17, 15) is 0 Å². The third kappa shape index (κ3) is 7.57. The van der Waals surface area contributed by atoms with Crippen molar-refractivity contribution in [2.24, 2.45) is 0 Å². The lowest BCUT2D eigenvalue weighted by atomic mass is 10.1. The Morgan fingerprint density at radius 2 is 1.75 bits per heavy atom. The maximum Gasteiger partial charge on any atom is 0.192 e. The van der Waals surface area contributed by atoms with E-state index < -0.39 is 8.32 Å². The van der Waals surface area contributed by atoms with Gasteiger partial charge in [-0.25, -0.2) is 0 Å². The Balaban J connectivity index is 4.28. The minimum atomic E-state index is -1.67. The molecule has 0 amide bonds. The van der Waals surface area contributed by atoms with E-state index in [0.717, 1.165) is 12.8 Å². The Morgan fingerprint density at radius 3 is 2.20 bits per heavy atom. The van der Waals surface area contributed by atoms with Crippen LogP contribution < -0.4 is 0 Å². The zero-order valence-electron chi connectivity index (χ0n) is 14.7. The summed E-state index contributed by atoms with van der Waals surface area (Å²) in [6.45, 7) is 15.9. The largest absolute Gasteiger partial charge is 0.414 e. The first-order chi connectivity index (χ1) is 9.14. The van der Waals surface area contributed by atoms with E-state index in [1.165, 1.54) is 0 Å². The van der Waals surface area contributed by atoms with Crippen LogP contribution in [0, 0.1) is 0 Å². The van der Waals surface area contributed by atoms with E-state index in [0.29, 0.717) is 6.79 Å². The van der Waals surface area contributed by atoms with Crippen LogP contribution >= 0.6 is 0 Å². The molecule has 3 nitrogen and oxygen atoms in total. The zero-order chi connectivity index (χ0) is 15.8. The van der Waals surface area contributed by atoms with Crippen LogP contribution in [0.25, 0.3) is 0 Å². The first-order valence-corrected chi connectivity index (χ1v) is 10.5. The maximum absolute atomic E-state index is 6.36. The van der Waals surface area contributed by atoms with Gasteiger partial charge < -0.3 is 13.9 Å². The first-order valence-electron chi connectivity index (χ1n) is 7.55. The number of hydrogen-bond donors (Lipinski definition) is 0. The molecule has 0 aliphatic carbocycles. The molecule has 0 fully saturated rings. The molecule has 0 unspecified atom stereocenters. The van der Waals surface area contributed by atoms with Gasteiger partial charge in [0.2, 0.25) is 0 Å². The highest BCUT2D eigenvalue weighted by molar-refractivity contribution is 6.74. The molecule has 4 heteroatoms. The van der Waals surface area contributed by atoms with Gasteiger partial charge in [0.15, 0.2) is 8.32 Å². The number of rotatable bonds is 9. The molecule has 0 saturated heterocycles. The predicted octanol–water partition coefficient (Wildman–Crippen LogP) is 4.74. The summed E-state index contributed by atoms with van der Waals surface area (Å²) in [5.41, 5.74) is 0. The van der Waals surface area contributed by atoms with Crippen LogP contribution in [0.5, 0.6) is 0 Å². The molecule has 0 rings (SSSR count). The molecule has 0 aliphatic rings. The van der Waals surface area contributed by atoms with Crippen molar-refractivity contribution in [2.75, 3.05) is 13.9 Å². The lowest BCUT2D eigenvalue weighted by molar-refractivity contribution is -0.0598. The van der Waals surface area contributed by atoms with E-state index in [1.54, 1.807) is 7.11 Å². The van der Waals surface area contributed by atoms with Crippen molar-refractivity contribution in [1.82, 2.24) is 0 Å². The molecule has 0 aromatic rings. The molecule has 0 N–H and O–H groups in total. The SMILES string of the molecule is C/C=C/[C@@H](CC[C@@H](C)O[Si](C)(C)C(C)(C)C)OCOC. The predicted molar refractivity (Wildman–Crippen MR) is 88.5 cm³/mol.